The first kappa shape index (κ1) is 18.6. The van der Waals surface area contributed by atoms with E-state index in [1.807, 2.05) is 26.8 Å². The Morgan fingerprint density at radius 1 is 1.17 bits per heavy atom. The van der Waals surface area contributed by atoms with E-state index in [-0.39, 0.29) is 11.8 Å². The molecular formula is C19H19BrF2N2. The molecule has 0 bridgehead atoms. The van der Waals surface area contributed by atoms with Crippen molar-refractivity contribution in [2.24, 2.45) is 11.1 Å². The van der Waals surface area contributed by atoms with Crippen LogP contribution in [0.4, 0.5) is 8.78 Å². The fraction of sp³-hybridized carbons (Fsp3) is 0.316. The molecule has 0 saturated carbocycles. The van der Waals surface area contributed by atoms with E-state index in [0.717, 1.165) is 10.5 Å². The summed E-state index contributed by atoms with van der Waals surface area (Å²) in [5, 5.41) is 0. The van der Waals surface area contributed by atoms with Crippen molar-refractivity contribution < 1.29 is 8.78 Å². The molecule has 0 aliphatic heterocycles. The number of rotatable bonds is 3. The van der Waals surface area contributed by atoms with Gasteiger partial charge in [-0.2, -0.15) is 0 Å². The zero-order valence-corrected chi connectivity index (χ0v) is 15.4. The van der Waals surface area contributed by atoms with E-state index >= 15 is 0 Å². The standard InChI is InChI=1S/C19H19BrF2N2/c1-19(2,3)7-6-15-4-5-16(20)18(24-15)17(23)10-12-8-13(21)11-14(22)9-12/h4-5,8-9,11,17H,10,23H2,1-3H3/t17-/m0/s1. The van der Waals surface area contributed by atoms with Crippen LogP contribution in [0.15, 0.2) is 34.8 Å². The van der Waals surface area contributed by atoms with Crippen LogP contribution >= 0.6 is 15.9 Å². The Hall–Kier alpha value is -1.77. The normalized spacial score (nSPS) is 12.5. The van der Waals surface area contributed by atoms with Gasteiger partial charge >= 0.3 is 0 Å². The van der Waals surface area contributed by atoms with E-state index in [0.29, 0.717) is 17.0 Å². The molecule has 2 rings (SSSR count). The minimum Gasteiger partial charge on any atom is -0.322 e. The molecule has 0 aliphatic rings. The van der Waals surface area contributed by atoms with Crippen LogP contribution in [-0.4, -0.2) is 4.98 Å². The molecule has 2 N–H and O–H groups in total. The van der Waals surface area contributed by atoms with Crippen LogP contribution < -0.4 is 5.73 Å². The maximum absolute atomic E-state index is 13.3. The fourth-order valence-electron chi connectivity index (χ4n) is 2.12. The summed E-state index contributed by atoms with van der Waals surface area (Å²) >= 11 is 3.43. The Balaban J connectivity index is 2.27. The second kappa shape index (κ2) is 7.42. The number of pyridine rings is 1. The monoisotopic (exact) mass is 392 g/mol. The van der Waals surface area contributed by atoms with Crippen LogP contribution in [0.2, 0.25) is 0 Å². The molecule has 24 heavy (non-hydrogen) atoms. The van der Waals surface area contributed by atoms with Gasteiger partial charge in [-0.15, -0.1) is 0 Å². The van der Waals surface area contributed by atoms with Crippen molar-refractivity contribution in [2.75, 3.05) is 0 Å². The summed E-state index contributed by atoms with van der Waals surface area (Å²) in [4.78, 5) is 4.48. The fourth-order valence-corrected chi connectivity index (χ4v) is 2.63. The average Bonchev–Trinajstić information content (AvgIpc) is 2.44. The summed E-state index contributed by atoms with van der Waals surface area (Å²) in [6.07, 6.45) is 0.274. The van der Waals surface area contributed by atoms with Crippen LogP contribution in [0.3, 0.4) is 0 Å². The zero-order valence-electron chi connectivity index (χ0n) is 13.8. The largest absolute Gasteiger partial charge is 0.322 e. The average molecular weight is 393 g/mol. The van der Waals surface area contributed by atoms with Crippen molar-refractivity contribution in [1.82, 2.24) is 4.98 Å². The molecule has 1 aromatic carbocycles. The summed E-state index contributed by atoms with van der Waals surface area (Å²) in [5.74, 6) is 4.92. The first-order chi connectivity index (χ1) is 11.1. The van der Waals surface area contributed by atoms with Gasteiger partial charge in [0.25, 0.3) is 0 Å². The molecular weight excluding hydrogens is 374 g/mol. The number of hydrogen-bond donors (Lipinski definition) is 1. The Kier molecular flexibility index (Phi) is 5.74. The van der Waals surface area contributed by atoms with E-state index < -0.39 is 17.7 Å². The summed E-state index contributed by atoms with van der Waals surface area (Å²) in [5.41, 5.74) is 7.78. The van der Waals surface area contributed by atoms with Gasteiger partial charge in [-0.05, 0) is 78.9 Å². The van der Waals surface area contributed by atoms with E-state index in [1.54, 1.807) is 6.07 Å². The molecule has 2 aromatic rings. The van der Waals surface area contributed by atoms with Gasteiger partial charge in [0.1, 0.15) is 17.3 Å². The Morgan fingerprint density at radius 2 is 1.79 bits per heavy atom. The molecule has 0 radical (unpaired) electrons. The van der Waals surface area contributed by atoms with Gasteiger partial charge in [-0.3, -0.25) is 0 Å². The predicted octanol–water partition coefficient (Wildman–Crippen LogP) is 4.76. The topological polar surface area (TPSA) is 38.9 Å². The first-order valence-electron chi connectivity index (χ1n) is 7.54. The van der Waals surface area contributed by atoms with Crippen LogP contribution in [0.1, 0.15) is 43.8 Å². The minimum atomic E-state index is -0.617. The van der Waals surface area contributed by atoms with Gasteiger partial charge in [0.2, 0.25) is 0 Å². The maximum Gasteiger partial charge on any atom is 0.126 e. The van der Waals surface area contributed by atoms with Crippen molar-refractivity contribution in [3.8, 4) is 11.8 Å². The molecule has 0 fully saturated rings. The van der Waals surface area contributed by atoms with E-state index in [9.17, 15) is 8.78 Å². The molecule has 0 amide bonds. The third-order valence-corrected chi connectivity index (χ3v) is 3.84. The molecule has 0 aliphatic carbocycles. The van der Waals surface area contributed by atoms with Gasteiger partial charge < -0.3 is 5.73 Å². The molecule has 5 heteroatoms. The highest BCUT2D eigenvalue weighted by Gasteiger charge is 2.14. The Morgan fingerprint density at radius 3 is 2.38 bits per heavy atom. The van der Waals surface area contributed by atoms with E-state index in [4.69, 9.17) is 5.73 Å². The Bertz CT molecular complexity index is 781. The molecule has 0 spiro atoms. The quantitative estimate of drug-likeness (QED) is 0.764. The predicted molar refractivity (Wildman–Crippen MR) is 95.3 cm³/mol. The number of nitrogens with zero attached hydrogens (tertiary/aromatic N) is 1. The van der Waals surface area contributed by atoms with E-state index in [1.165, 1.54) is 12.1 Å². The SMILES string of the molecule is CC(C)(C)C#Cc1ccc(Br)c([C@@H](N)Cc2cc(F)cc(F)c2)n1. The molecule has 1 aromatic heterocycles. The summed E-state index contributed by atoms with van der Waals surface area (Å²) in [6, 6.07) is 6.53. The molecule has 0 unspecified atom stereocenters. The van der Waals surface area contributed by atoms with E-state index in [2.05, 4.69) is 32.8 Å². The maximum atomic E-state index is 13.3. The van der Waals surface area contributed by atoms with Crippen LogP contribution in [0.5, 0.6) is 0 Å². The van der Waals surface area contributed by atoms with Crippen molar-refractivity contribution in [1.29, 1.82) is 0 Å². The highest BCUT2D eigenvalue weighted by atomic mass is 79.9. The highest BCUT2D eigenvalue weighted by Crippen LogP contribution is 2.24. The van der Waals surface area contributed by atoms with Gasteiger partial charge in [0.15, 0.2) is 0 Å². The zero-order chi connectivity index (χ0) is 17.9. The molecule has 0 saturated heterocycles. The third kappa shape index (κ3) is 5.40. The number of hydrogen-bond acceptors (Lipinski definition) is 2. The lowest BCUT2D eigenvalue weighted by atomic mass is 9.98. The number of benzene rings is 1. The van der Waals surface area contributed by atoms with Crippen LogP contribution in [-0.2, 0) is 6.42 Å². The van der Waals surface area contributed by atoms with Gasteiger partial charge in [-0.25, -0.2) is 13.8 Å². The van der Waals surface area contributed by atoms with Gasteiger partial charge in [-0.1, -0.05) is 5.92 Å². The van der Waals surface area contributed by atoms with Crippen LogP contribution in [0, 0.1) is 28.9 Å². The summed E-state index contributed by atoms with van der Waals surface area (Å²) in [7, 11) is 0. The van der Waals surface area contributed by atoms with Crippen LogP contribution in [0.25, 0.3) is 0 Å². The third-order valence-electron chi connectivity index (χ3n) is 3.17. The first-order valence-corrected chi connectivity index (χ1v) is 8.33. The second-order valence-electron chi connectivity index (χ2n) is 6.65. The molecule has 1 heterocycles. The summed E-state index contributed by atoms with van der Waals surface area (Å²) < 4.78 is 27.4. The lowest BCUT2D eigenvalue weighted by Crippen LogP contribution is -2.16. The second-order valence-corrected chi connectivity index (χ2v) is 7.51. The van der Waals surface area contributed by atoms with Crippen molar-refractivity contribution in [3.63, 3.8) is 0 Å². The molecule has 2 nitrogen and oxygen atoms in total. The van der Waals surface area contributed by atoms with Crippen molar-refractivity contribution >= 4 is 15.9 Å². The number of nitrogens with two attached hydrogens (primary N) is 1. The van der Waals surface area contributed by atoms with Gasteiger partial charge in [0.05, 0.1) is 11.7 Å². The molecule has 126 valence electrons. The lowest BCUT2D eigenvalue weighted by molar-refractivity contribution is 0.571. The smallest absolute Gasteiger partial charge is 0.126 e. The number of aromatic nitrogens is 1. The Labute approximate surface area is 149 Å². The molecule has 1 atom stereocenters. The number of halogens is 3. The van der Waals surface area contributed by atoms with Crippen molar-refractivity contribution in [3.05, 3.63) is 63.4 Å². The van der Waals surface area contributed by atoms with Gasteiger partial charge in [0, 0.05) is 16.0 Å². The lowest BCUT2D eigenvalue weighted by Gasteiger charge is -2.14. The highest BCUT2D eigenvalue weighted by molar-refractivity contribution is 9.10. The van der Waals surface area contributed by atoms with Crippen molar-refractivity contribution in [2.45, 2.75) is 33.2 Å². The summed E-state index contributed by atoms with van der Waals surface area (Å²) in [6.45, 7) is 6.05. The minimum absolute atomic E-state index is 0.129.